The number of hydrogen-bond acceptors (Lipinski definition) is 2. The van der Waals surface area contributed by atoms with E-state index >= 15 is 0 Å². The molecule has 17 heavy (non-hydrogen) atoms. The Kier molecular flexibility index (Phi) is 2.48. The third-order valence-corrected chi connectivity index (χ3v) is 3.45. The molecule has 2 heterocycles. The quantitative estimate of drug-likeness (QED) is 0.814. The van der Waals surface area contributed by atoms with Gasteiger partial charge in [-0.25, -0.2) is 4.98 Å². The first-order chi connectivity index (χ1) is 8.25. The van der Waals surface area contributed by atoms with Crippen LogP contribution < -0.4 is 5.73 Å². The number of nitrogens with two attached hydrogens (primary N) is 1. The van der Waals surface area contributed by atoms with Crippen LogP contribution in [-0.2, 0) is 6.42 Å². The molecule has 1 aliphatic heterocycles. The summed E-state index contributed by atoms with van der Waals surface area (Å²) >= 11 is 0. The number of nitrogens with zero attached hydrogens (tertiary/aromatic N) is 2. The Labute approximate surface area is 101 Å². The molecule has 2 aromatic rings. The lowest BCUT2D eigenvalue weighted by Gasteiger charge is -2.23. The fraction of sp³-hybridized carbons (Fsp3) is 0.357. The van der Waals surface area contributed by atoms with Gasteiger partial charge in [-0.3, -0.25) is 0 Å². The van der Waals surface area contributed by atoms with Crippen LogP contribution in [0.3, 0.4) is 0 Å². The molecule has 1 unspecified atom stereocenters. The second-order valence-corrected chi connectivity index (χ2v) is 4.77. The van der Waals surface area contributed by atoms with E-state index < -0.39 is 0 Å². The van der Waals surface area contributed by atoms with E-state index in [1.807, 2.05) is 6.20 Å². The van der Waals surface area contributed by atoms with Gasteiger partial charge in [0.05, 0.1) is 6.17 Å². The van der Waals surface area contributed by atoms with Crippen LogP contribution in [0.4, 0.5) is 0 Å². The van der Waals surface area contributed by atoms with Crippen LogP contribution >= 0.6 is 0 Å². The zero-order valence-corrected chi connectivity index (χ0v) is 10.1. The summed E-state index contributed by atoms with van der Waals surface area (Å²) in [6.07, 6.45) is 5.35. The van der Waals surface area contributed by atoms with E-state index in [0.717, 1.165) is 24.2 Å². The highest BCUT2D eigenvalue weighted by atomic mass is 15.2. The summed E-state index contributed by atoms with van der Waals surface area (Å²) in [5.74, 6) is 1.01. The van der Waals surface area contributed by atoms with E-state index in [1.165, 1.54) is 17.7 Å². The summed E-state index contributed by atoms with van der Waals surface area (Å²) in [5, 5.41) is 0. The lowest BCUT2D eigenvalue weighted by atomic mass is 10.1. The SMILES string of the molecule is Cc1ccc(-c2ncc3n2C(N)CCC3)cc1. The van der Waals surface area contributed by atoms with E-state index in [1.54, 1.807) is 0 Å². The molecule has 1 atom stereocenters. The van der Waals surface area contributed by atoms with E-state index in [4.69, 9.17) is 5.73 Å². The van der Waals surface area contributed by atoms with Crippen LogP contribution in [-0.4, -0.2) is 9.55 Å². The highest BCUT2D eigenvalue weighted by Crippen LogP contribution is 2.28. The molecule has 0 saturated carbocycles. The molecule has 3 heteroatoms. The van der Waals surface area contributed by atoms with Gasteiger partial charge in [-0.2, -0.15) is 0 Å². The third-order valence-electron chi connectivity index (χ3n) is 3.45. The van der Waals surface area contributed by atoms with E-state index in [-0.39, 0.29) is 6.17 Å². The summed E-state index contributed by atoms with van der Waals surface area (Å²) in [6, 6.07) is 8.47. The molecule has 2 N–H and O–H groups in total. The molecule has 0 bridgehead atoms. The standard InChI is InChI=1S/C14H17N3/c1-10-5-7-11(8-6-10)14-16-9-12-3-2-4-13(15)17(12)14/h5-9,13H,2-4,15H2,1H3. The molecular formula is C14H17N3. The van der Waals surface area contributed by atoms with E-state index in [9.17, 15) is 0 Å². The first kappa shape index (κ1) is 10.5. The number of benzene rings is 1. The highest BCUT2D eigenvalue weighted by Gasteiger charge is 2.20. The van der Waals surface area contributed by atoms with E-state index in [0.29, 0.717) is 0 Å². The number of imidazole rings is 1. The van der Waals surface area contributed by atoms with Crippen LogP contribution in [0.5, 0.6) is 0 Å². The zero-order valence-electron chi connectivity index (χ0n) is 10.1. The van der Waals surface area contributed by atoms with Crippen LogP contribution in [0.1, 0.15) is 30.3 Å². The fourth-order valence-electron chi connectivity index (χ4n) is 2.49. The third kappa shape index (κ3) is 1.76. The highest BCUT2D eigenvalue weighted by molar-refractivity contribution is 5.57. The van der Waals surface area contributed by atoms with Gasteiger partial charge in [0.1, 0.15) is 5.82 Å². The Morgan fingerprint density at radius 3 is 2.82 bits per heavy atom. The lowest BCUT2D eigenvalue weighted by molar-refractivity contribution is 0.418. The minimum absolute atomic E-state index is 0.0811. The van der Waals surface area contributed by atoms with Gasteiger partial charge in [0, 0.05) is 17.5 Å². The normalized spacial score (nSPS) is 19.1. The van der Waals surface area contributed by atoms with Gasteiger partial charge in [0.15, 0.2) is 0 Å². The van der Waals surface area contributed by atoms with Gasteiger partial charge in [0.25, 0.3) is 0 Å². The molecule has 1 aliphatic rings. The van der Waals surface area contributed by atoms with Gasteiger partial charge < -0.3 is 10.3 Å². The predicted octanol–water partition coefficient (Wildman–Crippen LogP) is 2.65. The van der Waals surface area contributed by atoms with Crippen LogP contribution in [0.25, 0.3) is 11.4 Å². The second kappa shape index (κ2) is 4.00. The Balaban J connectivity index is 2.09. The van der Waals surface area contributed by atoms with E-state index in [2.05, 4.69) is 40.7 Å². The topological polar surface area (TPSA) is 43.8 Å². The smallest absolute Gasteiger partial charge is 0.141 e. The Bertz CT molecular complexity index is 525. The molecule has 0 fully saturated rings. The van der Waals surface area contributed by atoms with Crippen molar-refractivity contribution >= 4 is 0 Å². The summed E-state index contributed by atoms with van der Waals surface area (Å²) in [5.41, 5.74) is 9.86. The Morgan fingerprint density at radius 2 is 2.06 bits per heavy atom. The van der Waals surface area contributed by atoms with Crippen molar-refractivity contribution in [3.63, 3.8) is 0 Å². The summed E-state index contributed by atoms with van der Waals surface area (Å²) in [4.78, 5) is 4.53. The average Bonchev–Trinajstić information content (AvgIpc) is 2.75. The maximum atomic E-state index is 6.18. The molecule has 3 nitrogen and oxygen atoms in total. The molecular weight excluding hydrogens is 210 g/mol. The molecule has 0 radical (unpaired) electrons. The first-order valence-corrected chi connectivity index (χ1v) is 6.14. The molecule has 1 aromatic heterocycles. The number of hydrogen-bond donors (Lipinski definition) is 1. The molecule has 88 valence electrons. The molecule has 3 rings (SSSR count). The molecule has 0 amide bonds. The van der Waals surface area contributed by atoms with Crippen molar-refractivity contribution in [2.24, 2.45) is 5.73 Å². The first-order valence-electron chi connectivity index (χ1n) is 6.14. The molecule has 0 saturated heterocycles. The number of aromatic nitrogens is 2. The summed E-state index contributed by atoms with van der Waals surface area (Å²) in [7, 11) is 0. The maximum Gasteiger partial charge on any atom is 0.141 e. The minimum atomic E-state index is 0.0811. The van der Waals surface area contributed by atoms with Gasteiger partial charge in [-0.1, -0.05) is 29.8 Å². The molecule has 0 aliphatic carbocycles. The number of fused-ring (bicyclic) bond motifs is 1. The van der Waals surface area contributed by atoms with Crippen molar-refractivity contribution in [2.45, 2.75) is 32.4 Å². The van der Waals surface area contributed by atoms with Crippen LogP contribution in [0, 0.1) is 6.92 Å². The van der Waals surface area contributed by atoms with Gasteiger partial charge in [-0.15, -0.1) is 0 Å². The van der Waals surface area contributed by atoms with Gasteiger partial charge >= 0.3 is 0 Å². The monoisotopic (exact) mass is 227 g/mol. The fourth-order valence-corrected chi connectivity index (χ4v) is 2.49. The Hall–Kier alpha value is -1.61. The second-order valence-electron chi connectivity index (χ2n) is 4.77. The van der Waals surface area contributed by atoms with Crippen molar-refractivity contribution in [1.29, 1.82) is 0 Å². The summed E-state index contributed by atoms with van der Waals surface area (Å²) < 4.78 is 2.19. The number of rotatable bonds is 1. The van der Waals surface area contributed by atoms with Crippen molar-refractivity contribution < 1.29 is 0 Å². The predicted molar refractivity (Wildman–Crippen MR) is 68.6 cm³/mol. The largest absolute Gasteiger partial charge is 0.312 e. The van der Waals surface area contributed by atoms with Crippen LogP contribution in [0.15, 0.2) is 30.5 Å². The summed E-state index contributed by atoms with van der Waals surface area (Å²) in [6.45, 7) is 2.09. The average molecular weight is 227 g/mol. The van der Waals surface area contributed by atoms with Crippen molar-refractivity contribution in [2.75, 3.05) is 0 Å². The molecule has 1 aromatic carbocycles. The van der Waals surface area contributed by atoms with Crippen molar-refractivity contribution in [3.05, 3.63) is 41.7 Å². The zero-order chi connectivity index (χ0) is 11.8. The van der Waals surface area contributed by atoms with Crippen molar-refractivity contribution in [1.82, 2.24) is 9.55 Å². The van der Waals surface area contributed by atoms with Gasteiger partial charge in [-0.05, 0) is 26.2 Å². The van der Waals surface area contributed by atoms with Crippen molar-refractivity contribution in [3.8, 4) is 11.4 Å². The van der Waals surface area contributed by atoms with Gasteiger partial charge in [0.2, 0.25) is 0 Å². The minimum Gasteiger partial charge on any atom is -0.312 e. The molecule has 0 spiro atoms. The van der Waals surface area contributed by atoms with Crippen LogP contribution in [0.2, 0.25) is 0 Å². The number of aryl methyl sites for hydroxylation is 2. The maximum absolute atomic E-state index is 6.18. The lowest BCUT2D eigenvalue weighted by Crippen LogP contribution is -2.25. The Morgan fingerprint density at radius 1 is 1.29 bits per heavy atom.